The number of carbonyl (C=O) groups is 1. The van der Waals surface area contributed by atoms with Crippen LogP contribution in [0.15, 0.2) is 18.2 Å². The van der Waals surface area contributed by atoms with E-state index >= 15 is 0 Å². The molecular formula is C12H11ClN2O. The van der Waals surface area contributed by atoms with Crippen molar-refractivity contribution in [3.63, 3.8) is 0 Å². The Bertz CT molecular complexity index is 478. The van der Waals surface area contributed by atoms with Crippen LogP contribution in [0.4, 0.5) is 5.69 Å². The summed E-state index contributed by atoms with van der Waals surface area (Å²) in [6, 6.07) is 6.89. The van der Waals surface area contributed by atoms with E-state index < -0.39 is 0 Å². The molecule has 3 nitrogen and oxygen atoms in total. The lowest BCUT2D eigenvalue weighted by Crippen LogP contribution is -2.14. The van der Waals surface area contributed by atoms with Crippen LogP contribution in [-0.4, -0.2) is 5.91 Å². The van der Waals surface area contributed by atoms with Crippen LogP contribution in [0, 0.1) is 23.2 Å². The number of hydrogen-bond acceptors (Lipinski definition) is 2. The molecule has 1 N–H and O–H groups in total. The Kier molecular flexibility index (Phi) is 2.84. The Hall–Kier alpha value is -1.53. The summed E-state index contributed by atoms with van der Waals surface area (Å²) in [5, 5.41) is 12.0. The number of amides is 1. The summed E-state index contributed by atoms with van der Waals surface area (Å²) in [5.41, 5.74) is 1.01. The third-order valence-corrected chi connectivity index (χ3v) is 3.13. The van der Waals surface area contributed by atoms with Crippen molar-refractivity contribution >= 4 is 23.2 Å². The van der Waals surface area contributed by atoms with Gasteiger partial charge >= 0.3 is 0 Å². The van der Waals surface area contributed by atoms with Crippen LogP contribution in [0.5, 0.6) is 0 Å². The van der Waals surface area contributed by atoms with Crippen molar-refractivity contribution in [1.29, 1.82) is 5.26 Å². The van der Waals surface area contributed by atoms with E-state index in [0.29, 0.717) is 22.2 Å². The molecule has 1 aliphatic carbocycles. The van der Waals surface area contributed by atoms with Gasteiger partial charge in [-0.15, -0.1) is 0 Å². The maximum atomic E-state index is 11.6. The molecule has 1 fully saturated rings. The first-order valence-corrected chi connectivity index (χ1v) is 5.50. The maximum absolute atomic E-state index is 11.6. The highest BCUT2D eigenvalue weighted by Gasteiger charge is 2.39. The molecule has 2 atom stereocenters. The van der Waals surface area contributed by atoms with Gasteiger partial charge in [-0.25, -0.2) is 0 Å². The van der Waals surface area contributed by atoms with Crippen LogP contribution in [0.25, 0.3) is 0 Å². The molecule has 4 heteroatoms. The van der Waals surface area contributed by atoms with Crippen molar-refractivity contribution in [2.75, 3.05) is 5.32 Å². The highest BCUT2D eigenvalue weighted by atomic mass is 35.5. The largest absolute Gasteiger partial charge is 0.326 e. The minimum Gasteiger partial charge on any atom is -0.326 e. The average Bonchev–Trinajstić information content (AvgIpc) is 2.98. The van der Waals surface area contributed by atoms with Crippen molar-refractivity contribution in [1.82, 2.24) is 0 Å². The van der Waals surface area contributed by atoms with Crippen molar-refractivity contribution in [3.8, 4) is 6.07 Å². The van der Waals surface area contributed by atoms with Gasteiger partial charge in [0, 0.05) is 11.6 Å². The molecule has 1 aromatic carbocycles. The van der Waals surface area contributed by atoms with E-state index in [4.69, 9.17) is 16.9 Å². The molecule has 2 unspecified atom stereocenters. The molecule has 82 valence electrons. The van der Waals surface area contributed by atoms with Crippen molar-refractivity contribution in [2.45, 2.75) is 13.3 Å². The third kappa shape index (κ3) is 2.17. The fraction of sp³-hybridized carbons (Fsp3) is 0.333. The second-order valence-corrected chi connectivity index (χ2v) is 4.52. The SMILES string of the molecule is CC1CC1C(=O)Nc1ccc(Cl)c(C#N)c1. The molecule has 0 heterocycles. The monoisotopic (exact) mass is 234 g/mol. The van der Waals surface area contributed by atoms with Gasteiger partial charge < -0.3 is 5.32 Å². The van der Waals surface area contributed by atoms with Gasteiger partial charge in [-0.1, -0.05) is 18.5 Å². The van der Waals surface area contributed by atoms with E-state index in [2.05, 4.69) is 5.32 Å². The summed E-state index contributed by atoms with van der Waals surface area (Å²) in [4.78, 5) is 11.6. The molecule has 1 saturated carbocycles. The van der Waals surface area contributed by atoms with E-state index in [-0.39, 0.29) is 11.8 Å². The van der Waals surface area contributed by atoms with Gasteiger partial charge in [-0.3, -0.25) is 4.79 Å². The smallest absolute Gasteiger partial charge is 0.227 e. The van der Waals surface area contributed by atoms with Crippen molar-refractivity contribution < 1.29 is 4.79 Å². The highest BCUT2D eigenvalue weighted by molar-refractivity contribution is 6.31. The van der Waals surface area contributed by atoms with E-state index in [1.165, 1.54) is 0 Å². The molecule has 0 spiro atoms. The summed E-state index contributed by atoms with van der Waals surface area (Å²) < 4.78 is 0. The zero-order valence-corrected chi connectivity index (χ0v) is 9.58. The van der Waals surface area contributed by atoms with E-state index in [1.807, 2.05) is 13.0 Å². The predicted molar refractivity (Wildman–Crippen MR) is 62.1 cm³/mol. The normalized spacial score (nSPS) is 22.3. The number of benzene rings is 1. The quantitative estimate of drug-likeness (QED) is 0.856. The van der Waals surface area contributed by atoms with Gasteiger partial charge in [0.1, 0.15) is 6.07 Å². The van der Waals surface area contributed by atoms with E-state index in [9.17, 15) is 4.79 Å². The number of nitrogens with zero attached hydrogens (tertiary/aromatic N) is 1. The molecule has 0 radical (unpaired) electrons. The third-order valence-electron chi connectivity index (χ3n) is 2.80. The molecular weight excluding hydrogens is 224 g/mol. The zero-order chi connectivity index (χ0) is 11.7. The minimum atomic E-state index is 0.0266. The standard InChI is InChI=1S/C12H11ClN2O/c1-7-4-10(7)12(16)15-9-2-3-11(13)8(5-9)6-14/h2-3,5,7,10H,4H2,1H3,(H,15,16). The second-order valence-electron chi connectivity index (χ2n) is 4.12. The number of nitriles is 1. The molecule has 1 amide bonds. The summed E-state index contributed by atoms with van der Waals surface area (Å²) in [7, 11) is 0. The van der Waals surface area contributed by atoms with Gasteiger partial charge in [0.25, 0.3) is 0 Å². The first-order chi connectivity index (χ1) is 7.61. The zero-order valence-electron chi connectivity index (χ0n) is 8.83. The maximum Gasteiger partial charge on any atom is 0.227 e. The number of rotatable bonds is 2. The Morgan fingerprint density at radius 1 is 1.62 bits per heavy atom. The Morgan fingerprint density at radius 3 is 2.88 bits per heavy atom. The van der Waals surface area contributed by atoms with Crippen molar-refractivity contribution in [2.24, 2.45) is 11.8 Å². The molecule has 16 heavy (non-hydrogen) atoms. The van der Waals surface area contributed by atoms with Crippen LogP contribution in [0.1, 0.15) is 18.9 Å². The first kappa shape index (κ1) is 11.0. The molecule has 1 aliphatic rings. The van der Waals surface area contributed by atoms with Crippen molar-refractivity contribution in [3.05, 3.63) is 28.8 Å². The molecule has 0 aliphatic heterocycles. The molecule has 1 aromatic rings. The fourth-order valence-corrected chi connectivity index (χ4v) is 1.77. The van der Waals surface area contributed by atoms with Gasteiger partial charge in [0.15, 0.2) is 0 Å². The second kappa shape index (κ2) is 4.15. The summed E-state index contributed by atoms with van der Waals surface area (Å²) >= 11 is 5.80. The number of carbonyl (C=O) groups excluding carboxylic acids is 1. The van der Waals surface area contributed by atoms with Gasteiger partial charge in [0.05, 0.1) is 10.6 Å². The highest BCUT2D eigenvalue weighted by Crippen LogP contribution is 2.38. The summed E-state index contributed by atoms with van der Waals surface area (Å²) in [5.74, 6) is 0.627. The van der Waals surface area contributed by atoms with Gasteiger partial charge in [0.2, 0.25) is 5.91 Å². The summed E-state index contributed by atoms with van der Waals surface area (Å²) in [6.07, 6.45) is 0.949. The number of halogens is 1. The van der Waals surface area contributed by atoms with Crippen LogP contribution >= 0.6 is 11.6 Å². The topological polar surface area (TPSA) is 52.9 Å². The Labute approximate surface area is 99.0 Å². The predicted octanol–water partition coefficient (Wildman–Crippen LogP) is 2.81. The molecule has 0 saturated heterocycles. The van der Waals surface area contributed by atoms with E-state index in [0.717, 1.165) is 6.42 Å². The lowest BCUT2D eigenvalue weighted by molar-refractivity contribution is -0.117. The molecule has 0 aromatic heterocycles. The molecule has 2 rings (SSSR count). The Morgan fingerprint density at radius 2 is 2.31 bits per heavy atom. The van der Waals surface area contributed by atoms with Crippen LogP contribution in [0.3, 0.4) is 0 Å². The summed E-state index contributed by atoms with van der Waals surface area (Å²) in [6.45, 7) is 2.05. The van der Waals surface area contributed by atoms with Gasteiger partial charge in [-0.2, -0.15) is 5.26 Å². The fourth-order valence-electron chi connectivity index (χ4n) is 1.61. The van der Waals surface area contributed by atoms with Gasteiger partial charge in [-0.05, 0) is 30.5 Å². The Balaban J connectivity index is 2.10. The molecule has 0 bridgehead atoms. The van der Waals surface area contributed by atoms with Crippen LogP contribution in [0.2, 0.25) is 5.02 Å². The lowest BCUT2D eigenvalue weighted by atomic mass is 10.2. The van der Waals surface area contributed by atoms with E-state index in [1.54, 1.807) is 18.2 Å². The van der Waals surface area contributed by atoms with Crippen LogP contribution < -0.4 is 5.32 Å². The first-order valence-electron chi connectivity index (χ1n) is 5.12. The minimum absolute atomic E-state index is 0.0266. The number of hydrogen-bond donors (Lipinski definition) is 1. The average molecular weight is 235 g/mol. The number of nitrogens with one attached hydrogen (secondary N) is 1. The number of anilines is 1. The lowest BCUT2D eigenvalue weighted by Gasteiger charge is -2.05. The van der Waals surface area contributed by atoms with Crippen LogP contribution in [-0.2, 0) is 4.79 Å².